The van der Waals surface area contributed by atoms with Gasteiger partial charge in [0.15, 0.2) is 0 Å². The molecule has 3 saturated carbocycles. The highest BCUT2D eigenvalue weighted by molar-refractivity contribution is 5.88. The molecule has 0 heterocycles. The summed E-state index contributed by atoms with van der Waals surface area (Å²) in [7, 11) is 3.31. The summed E-state index contributed by atoms with van der Waals surface area (Å²) in [4.78, 5) is 43.4. The largest absolute Gasteiger partial charge is 0.390 e. The first-order valence-electron chi connectivity index (χ1n) is 17.1. The van der Waals surface area contributed by atoms with E-state index in [2.05, 4.69) is 12.2 Å². The van der Waals surface area contributed by atoms with Gasteiger partial charge in [-0.25, -0.2) is 0 Å². The average molecular weight is 592 g/mol. The molecule has 0 unspecified atom stereocenters. The van der Waals surface area contributed by atoms with E-state index in [0.29, 0.717) is 37.0 Å². The summed E-state index contributed by atoms with van der Waals surface area (Å²) < 4.78 is 0. The minimum absolute atomic E-state index is 0.0463. The van der Waals surface area contributed by atoms with E-state index in [0.717, 1.165) is 51.4 Å². The van der Waals surface area contributed by atoms with Gasteiger partial charge in [0.05, 0.1) is 18.7 Å². The van der Waals surface area contributed by atoms with E-state index in [4.69, 9.17) is 0 Å². The molecule has 3 aliphatic rings. The van der Waals surface area contributed by atoms with Crippen molar-refractivity contribution >= 4 is 17.7 Å². The third kappa shape index (κ3) is 10.8. The molecular formula is C34H61N3O5. The van der Waals surface area contributed by atoms with Crippen molar-refractivity contribution in [3.8, 4) is 0 Å². The summed E-state index contributed by atoms with van der Waals surface area (Å²) in [6, 6.07) is -0.557. The van der Waals surface area contributed by atoms with Crippen molar-refractivity contribution in [1.29, 1.82) is 0 Å². The zero-order chi connectivity index (χ0) is 30.8. The van der Waals surface area contributed by atoms with E-state index in [1.165, 1.54) is 30.6 Å². The van der Waals surface area contributed by atoms with Gasteiger partial charge in [-0.05, 0) is 62.7 Å². The second-order valence-corrected chi connectivity index (χ2v) is 14.5. The van der Waals surface area contributed by atoms with Crippen molar-refractivity contribution in [3.05, 3.63) is 0 Å². The molecular weight excluding hydrogens is 530 g/mol. The van der Waals surface area contributed by atoms with Crippen LogP contribution in [0.5, 0.6) is 0 Å². The van der Waals surface area contributed by atoms with Crippen LogP contribution >= 0.6 is 0 Å². The number of hydrogen-bond acceptors (Lipinski definition) is 5. The number of rotatable bonds is 16. The summed E-state index contributed by atoms with van der Waals surface area (Å²) in [5.74, 6) is 0.414. The van der Waals surface area contributed by atoms with Crippen LogP contribution in [0.2, 0.25) is 0 Å². The van der Waals surface area contributed by atoms with Gasteiger partial charge in [-0.1, -0.05) is 78.1 Å². The van der Waals surface area contributed by atoms with Crippen molar-refractivity contribution < 1.29 is 24.6 Å². The van der Waals surface area contributed by atoms with E-state index in [9.17, 15) is 24.6 Å². The van der Waals surface area contributed by atoms with Crippen LogP contribution in [0.3, 0.4) is 0 Å². The van der Waals surface area contributed by atoms with Crippen LogP contribution in [-0.4, -0.2) is 82.7 Å². The molecule has 5 atom stereocenters. The Bertz CT molecular complexity index is 848. The molecule has 0 radical (unpaired) electrons. The summed E-state index contributed by atoms with van der Waals surface area (Å²) in [6.07, 6.45) is 13.5. The van der Waals surface area contributed by atoms with Gasteiger partial charge in [0, 0.05) is 32.5 Å². The summed E-state index contributed by atoms with van der Waals surface area (Å²) in [5.41, 5.74) is 0. The number of hydrogen-bond donors (Lipinski definition) is 3. The van der Waals surface area contributed by atoms with E-state index in [-0.39, 0.29) is 42.6 Å². The van der Waals surface area contributed by atoms with Crippen LogP contribution in [0, 0.1) is 29.6 Å². The van der Waals surface area contributed by atoms with Crippen molar-refractivity contribution in [2.24, 2.45) is 29.6 Å². The van der Waals surface area contributed by atoms with Crippen LogP contribution < -0.4 is 5.32 Å². The normalized spacial score (nSPS) is 22.2. The van der Waals surface area contributed by atoms with E-state index in [1.54, 1.807) is 14.1 Å². The Morgan fingerprint density at radius 3 is 1.93 bits per heavy atom. The molecule has 3 fully saturated rings. The standard InChI is InChI=1S/C34H61N3O5/c1-23(2)18-30(38)33(41)29(20-25-12-8-6-9-13-25)37(24(3)27-14-10-7-11-15-27)34(42)28(19-26-16-17-26)21-31(39)35-22-32(40)36(4)5/h23-30,33,38,41H,6-22H2,1-5H3,(H,35,39)/t24-,28+,29-,30-,33+/m0/s1. The first-order valence-corrected chi connectivity index (χ1v) is 17.1. The van der Waals surface area contributed by atoms with Gasteiger partial charge < -0.3 is 25.3 Å². The summed E-state index contributed by atoms with van der Waals surface area (Å²) in [5, 5.41) is 25.8. The zero-order valence-electron chi connectivity index (χ0n) is 27.2. The lowest BCUT2D eigenvalue weighted by molar-refractivity contribution is -0.152. The molecule has 0 saturated heterocycles. The highest BCUT2D eigenvalue weighted by atomic mass is 16.3. The molecule has 42 heavy (non-hydrogen) atoms. The second-order valence-electron chi connectivity index (χ2n) is 14.5. The zero-order valence-corrected chi connectivity index (χ0v) is 27.2. The highest BCUT2D eigenvalue weighted by Crippen LogP contribution is 2.40. The minimum Gasteiger partial charge on any atom is -0.390 e. The maximum absolute atomic E-state index is 14.8. The summed E-state index contributed by atoms with van der Waals surface area (Å²) in [6.45, 7) is 6.16. The van der Waals surface area contributed by atoms with Gasteiger partial charge in [0.1, 0.15) is 6.10 Å². The first-order chi connectivity index (χ1) is 20.0. The molecule has 0 aromatic carbocycles. The predicted octanol–water partition coefficient (Wildman–Crippen LogP) is 4.90. The second kappa shape index (κ2) is 17.0. The SMILES string of the molecule is CC(C)C[C@H](O)[C@H](O)[C@H](CC1CCCCC1)N(C(=O)[C@@H](CC(=O)NCC(=O)N(C)C)CC1CC1)[C@@H](C)C1CCCCC1. The fourth-order valence-corrected chi connectivity index (χ4v) is 7.44. The van der Waals surface area contributed by atoms with Gasteiger partial charge in [0.2, 0.25) is 17.7 Å². The molecule has 8 heteroatoms. The smallest absolute Gasteiger partial charge is 0.241 e. The van der Waals surface area contributed by atoms with E-state index >= 15 is 0 Å². The number of nitrogens with zero attached hydrogens (tertiary/aromatic N) is 2. The molecule has 242 valence electrons. The Hall–Kier alpha value is -1.67. The lowest BCUT2D eigenvalue weighted by Crippen LogP contribution is -2.58. The molecule has 3 rings (SSSR count). The van der Waals surface area contributed by atoms with Crippen molar-refractivity contribution in [2.75, 3.05) is 20.6 Å². The maximum Gasteiger partial charge on any atom is 0.241 e. The fraction of sp³-hybridized carbons (Fsp3) is 0.912. The van der Waals surface area contributed by atoms with Gasteiger partial charge in [-0.2, -0.15) is 0 Å². The lowest BCUT2D eigenvalue weighted by Gasteiger charge is -2.46. The molecule has 0 bridgehead atoms. The lowest BCUT2D eigenvalue weighted by atomic mass is 9.78. The third-order valence-electron chi connectivity index (χ3n) is 10.2. The Labute approximate surface area is 255 Å². The fourth-order valence-electron chi connectivity index (χ4n) is 7.44. The molecule has 3 N–H and O–H groups in total. The number of likely N-dealkylation sites (N-methyl/N-ethyl adjacent to an activating group) is 1. The van der Waals surface area contributed by atoms with Crippen molar-refractivity contribution in [3.63, 3.8) is 0 Å². The highest BCUT2D eigenvalue weighted by Gasteiger charge is 2.43. The Kier molecular flexibility index (Phi) is 14.1. The molecule has 0 spiro atoms. The molecule has 8 nitrogen and oxygen atoms in total. The Morgan fingerprint density at radius 2 is 1.38 bits per heavy atom. The number of aliphatic hydroxyl groups is 2. The number of carbonyl (C=O) groups excluding carboxylic acids is 3. The molecule has 3 amide bonds. The number of carbonyl (C=O) groups is 3. The quantitative estimate of drug-likeness (QED) is 0.237. The monoisotopic (exact) mass is 591 g/mol. The van der Waals surface area contributed by atoms with Crippen LogP contribution in [0.1, 0.15) is 124 Å². The van der Waals surface area contributed by atoms with Crippen LogP contribution in [-0.2, 0) is 14.4 Å². The number of amides is 3. The van der Waals surface area contributed by atoms with Crippen LogP contribution in [0.15, 0.2) is 0 Å². The van der Waals surface area contributed by atoms with Gasteiger partial charge >= 0.3 is 0 Å². The Balaban J connectivity index is 1.92. The number of aliphatic hydroxyl groups excluding tert-OH is 2. The molecule has 0 aromatic heterocycles. The molecule has 0 aromatic rings. The average Bonchev–Trinajstić information content (AvgIpc) is 3.79. The van der Waals surface area contributed by atoms with E-state index in [1.807, 2.05) is 18.7 Å². The topological polar surface area (TPSA) is 110 Å². The van der Waals surface area contributed by atoms with Gasteiger partial charge in [0.25, 0.3) is 0 Å². The molecule has 3 aliphatic carbocycles. The van der Waals surface area contributed by atoms with Crippen molar-refractivity contribution in [2.45, 2.75) is 148 Å². The van der Waals surface area contributed by atoms with Gasteiger partial charge in [-0.3, -0.25) is 14.4 Å². The van der Waals surface area contributed by atoms with Crippen molar-refractivity contribution in [1.82, 2.24) is 15.1 Å². The minimum atomic E-state index is -1.03. The van der Waals surface area contributed by atoms with E-state index < -0.39 is 24.2 Å². The first kappa shape index (κ1) is 34.8. The summed E-state index contributed by atoms with van der Waals surface area (Å²) >= 11 is 0. The Morgan fingerprint density at radius 1 is 0.810 bits per heavy atom. The van der Waals surface area contributed by atoms with Crippen LogP contribution in [0.25, 0.3) is 0 Å². The number of nitrogens with one attached hydrogen (secondary N) is 1. The third-order valence-corrected chi connectivity index (χ3v) is 10.2. The van der Waals surface area contributed by atoms with Gasteiger partial charge in [-0.15, -0.1) is 0 Å². The molecule has 0 aliphatic heterocycles. The van der Waals surface area contributed by atoms with Crippen LogP contribution in [0.4, 0.5) is 0 Å². The predicted molar refractivity (Wildman–Crippen MR) is 166 cm³/mol. The maximum atomic E-state index is 14.8.